The van der Waals surface area contributed by atoms with Gasteiger partial charge in [0.15, 0.2) is 0 Å². The first-order chi connectivity index (χ1) is 5.56. The first-order valence-corrected chi connectivity index (χ1v) is 5.02. The molecule has 0 radical (unpaired) electrons. The van der Waals surface area contributed by atoms with Crippen LogP contribution in [0.4, 0.5) is 0 Å². The van der Waals surface area contributed by atoms with E-state index in [1.807, 2.05) is 13.8 Å². The van der Waals surface area contributed by atoms with Gasteiger partial charge in [-0.05, 0) is 39.4 Å². The zero-order valence-corrected chi connectivity index (χ0v) is 9.49. The normalized spacial score (nSPS) is 15.3. The summed E-state index contributed by atoms with van der Waals surface area (Å²) in [6, 6.07) is 0. The molecule has 0 saturated carbocycles. The van der Waals surface area contributed by atoms with Crippen LogP contribution in [0.1, 0.15) is 20.3 Å². The first kappa shape index (κ1) is 12.3. The molecule has 1 unspecified atom stereocenters. The quantitative estimate of drug-likeness (QED) is 0.630. The van der Waals surface area contributed by atoms with Crippen molar-refractivity contribution in [2.75, 3.05) is 20.1 Å². The van der Waals surface area contributed by atoms with Crippen molar-refractivity contribution in [3.8, 4) is 0 Å². The molecule has 0 rings (SSSR count). The summed E-state index contributed by atoms with van der Waals surface area (Å²) in [6.07, 6.45) is 1.02. The minimum absolute atomic E-state index is 0.257. The van der Waals surface area contributed by atoms with Crippen LogP contribution in [0.25, 0.3) is 0 Å². The third-order valence-electron chi connectivity index (χ3n) is 1.61. The van der Waals surface area contributed by atoms with Crippen LogP contribution in [0, 0.1) is 0 Å². The van der Waals surface area contributed by atoms with Gasteiger partial charge in [-0.3, -0.25) is 0 Å². The molecule has 0 fully saturated rings. The Balaban J connectivity index is 3.53. The lowest BCUT2D eigenvalue weighted by Crippen LogP contribution is -2.23. The molecule has 0 bridgehead atoms. The third kappa shape index (κ3) is 6.96. The summed E-state index contributed by atoms with van der Waals surface area (Å²) in [7, 11) is 2.07. The fraction of sp³-hybridized carbons (Fsp3) is 0.778. The van der Waals surface area contributed by atoms with Gasteiger partial charge in [0.25, 0.3) is 0 Å². The molecule has 12 heavy (non-hydrogen) atoms. The van der Waals surface area contributed by atoms with Crippen molar-refractivity contribution in [1.29, 1.82) is 0 Å². The van der Waals surface area contributed by atoms with Gasteiger partial charge >= 0.3 is 0 Å². The molecule has 0 heterocycles. The summed E-state index contributed by atoms with van der Waals surface area (Å²) in [5.41, 5.74) is 2.81. The fourth-order valence-corrected chi connectivity index (χ4v) is 1.10. The van der Waals surface area contributed by atoms with E-state index < -0.39 is 0 Å². The zero-order chi connectivity index (χ0) is 9.56. The zero-order valence-electron chi connectivity index (χ0n) is 7.98. The van der Waals surface area contributed by atoms with Gasteiger partial charge in [-0.15, -0.1) is 11.6 Å². The van der Waals surface area contributed by atoms with E-state index in [1.54, 1.807) is 5.54 Å². The minimum Gasteiger partial charge on any atom is -0.302 e. The second kappa shape index (κ2) is 6.76. The predicted molar refractivity (Wildman–Crippen MR) is 57.0 cm³/mol. The lowest BCUT2D eigenvalue weighted by Gasteiger charge is -2.16. The van der Waals surface area contributed by atoms with Crippen LogP contribution in [0.3, 0.4) is 0 Å². The standard InChI is InChI=1S/C9H17Cl2N/c1-8(6-10)7-12(3)5-4-9(2)11/h6,9H,4-5,7H2,1-3H3. The highest BCUT2D eigenvalue weighted by Crippen LogP contribution is 2.03. The van der Waals surface area contributed by atoms with Crippen LogP contribution < -0.4 is 0 Å². The average molecular weight is 210 g/mol. The maximum absolute atomic E-state index is 5.82. The highest BCUT2D eigenvalue weighted by atomic mass is 35.5. The predicted octanol–water partition coefficient (Wildman–Crippen LogP) is 3.08. The summed E-state index contributed by atoms with van der Waals surface area (Å²) >= 11 is 11.4. The number of alkyl halides is 1. The molecule has 0 aliphatic heterocycles. The molecule has 0 aromatic rings. The molecular formula is C9H17Cl2N. The van der Waals surface area contributed by atoms with Crippen molar-refractivity contribution in [3.63, 3.8) is 0 Å². The Kier molecular flexibility index (Phi) is 6.92. The van der Waals surface area contributed by atoms with Crippen molar-refractivity contribution in [2.24, 2.45) is 0 Å². The number of rotatable bonds is 5. The van der Waals surface area contributed by atoms with E-state index in [-0.39, 0.29) is 5.38 Å². The molecule has 72 valence electrons. The molecule has 0 amide bonds. The van der Waals surface area contributed by atoms with E-state index in [9.17, 15) is 0 Å². The van der Waals surface area contributed by atoms with E-state index in [2.05, 4.69) is 11.9 Å². The summed E-state index contributed by atoms with van der Waals surface area (Å²) in [5.74, 6) is 0. The summed E-state index contributed by atoms with van der Waals surface area (Å²) in [4.78, 5) is 2.22. The van der Waals surface area contributed by atoms with E-state index in [0.29, 0.717) is 0 Å². The molecule has 0 aromatic carbocycles. The SMILES string of the molecule is CC(=CCl)CN(C)CCC(C)Cl. The maximum Gasteiger partial charge on any atom is 0.0320 e. The van der Waals surface area contributed by atoms with Gasteiger partial charge in [-0.2, -0.15) is 0 Å². The van der Waals surface area contributed by atoms with Gasteiger partial charge in [0.05, 0.1) is 0 Å². The smallest absolute Gasteiger partial charge is 0.0320 e. The van der Waals surface area contributed by atoms with Gasteiger partial charge in [0.1, 0.15) is 0 Å². The van der Waals surface area contributed by atoms with E-state index in [1.165, 1.54) is 5.57 Å². The Morgan fingerprint density at radius 2 is 2.17 bits per heavy atom. The minimum atomic E-state index is 0.257. The number of likely N-dealkylation sites (N-methyl/N-ethyl adjacent to an activating group) is 1. The maximum atomic E-state index is 5.82. The van der Waals surface area contributed by atoms with Crippen LogP contribution in [0.15, 0.2) is 11.1 Å². The Morgan fingerprint density at radius 1 is 1.58 bits per heavy atom. The summed E-state index contributed by atoms with van der Waals surface area (Å²) in [5, 5.41) is 0.257. The highest BCUT2D eigenvalue weighted by molar-refractivity contribution is 6.25. The van der Waals surface area contributed by atoms with E-state index >= 15 is 0 Å². The first-order valence-electron chi connectivity index (χ1n) is 4.14. The molecule has 0 saturated heterocycles. The number of hydrogen-bond donors (Lipinski definition) is 0. The van der Waals surface area contributed by atoms with E-state index in [0.717, 1.165) is 19.5 Å². The Bertz CT molecular complexity index is 143. The summed E-state index contributed by atoms with van der Waals surface area (Å²) in [6.45, 7) is 5.98. The lowest BCUT2D eigenvalue weighted by atomic mass is 10.3. The van der Waals surface area contributed by atoms with Crippen LogP contribution in [-0.4, -0.2) is 30.4 Å². The van der Waals surface area contributed by atoms with E-state index in [4.69, 9.17) is 23.2 Å². The highest BCUT2D eigenvalue weighted by Gasteiger charge is 2.01. The molecule has 1 nitrogen and oxygen atoms in total. The van der Waals surface area contributed by atoms with Crippen molar-refractivity contribution in [1.82, 2.24) is 4.90 Å². The van der Waals surface area contributed by atoms with Crippen molar-refractivity contribution in [3.05, 3.63) is 11.1 Å². The molecule has 0 spiro atoms. The summed E-state index contributed by atoms with van der Waals surface area (Å²) < 4.78 is 0. The lowest BCUT2D eigenvalue weighted by molar-refractivity contribution is 0.356. The third-order valence-corrected chi connectivity index (χ3v) is 2.20. The van der Waals surface area contributed by atoms with Crippen LogP contribution in [-0.2, 0) is 0 Å². The molecule has 0 aliphatic rings. The molecule has 0 aromatic heterocycles. The van der Waals surface area contributed by atoms with Crippen LogP contribution >= 0.6 is 23.2 Å². The Hall–Kier alpha value is 0.280. The Morgan fingerprint density at radius 3 is 2.58 bits per heavy atom. The number of hydrogen-bond acceptors (Lipinski definition) is 1. The average Bonchev–Trinajstić information content (AvgIpc) is 2.00. The Labute approximate surface area is 85.3 Å². The molecule has 0 aliphatic carbocycles. The van der Waals surface area contributed by atoms with Gasteiger partial charge in [-0.1, -0.05) is 11.6 Å². The number of halogens is 2. The van der Waals surface area contributed by atoms with Gasteiger partial charge in [0.2, 0.25) is 0 Å². The molecule has 1 atom stereocenters. The van der Waals surface area contributed by atoms with Crippen molar-refractivity contribution in [2.45, 2.75) is 25.6 Å². The van der Waals surface area contributed by atoms with Crippen molar-refractivity contribution < 1.29 is 0 Å². The molecular weight excluding hydrogens is 193 g/mol. The largest absolute Gasteiger partial charge is 0.302 e. The molecule has 3 heteroatoms. The van der Waals surface area contributed by atoms with Crippen LogP contribution in [0.5, 0.6) is 0 Å². The van der Waals surface area contributed by atoms with Gasteiger partial charge in [0, 0.05) is 17.5 Å². The molecule has 0 N–H and O–H groups in total. The number of nitrogens with zero attached hydrogens (tertiary/aromatic N) is 1. The second-order valence-corrected chi connectivity index (χ2v) is 4.23. The monoisotopic (exact) mass is 209 g/mol. The van der Waals surface area contributed by atoms with Gasteiger partial charge in [-0.25, -0.2) is 0 Å². The second-order valence-electron chi connectivity index (χ2n) is 3.26. The topological polar surface area (TPSA) is 3.24 Å². The fourth-order valence-electron chi connectivity index (χ4n) is 0.938. The van der Waals surface area contributed by atoms with Crippen LogP contribution in [0.2, 0.25) is 0 Å². The van der Waals surface area contributed by atoms with Crippen molar-refractivity contribution >= 4 is 23.2 Å². The van der Waals surface area contributed by atoms with Gasteiger partial charge < -0.3 is 4.90 Å².